The van der Waals surface area contributed by atoms with E-state index in [4.69, 9.17) is 4.74 Å². The standard InChI is InChI=1S/C20H23N3O2/c24-20-18(9-8-15-5-1-2-6-17(15)22-20)23-13-10-16(11-14-23)25-19-7-3-4-12-21-19/h1-7,12,16,18H,8-11,13-14H2,(H,22,24). The van der Waals surface area contributed by atoms with Gasteiger partial charge in [-0.25, -0.2) is 4.98 Å². The topological polar surface area (TPSA) is 54.5 Å². The van der Waals surface area contributed by atoms with E-state index in [-0.39, 0.29) is 18.1 Å². The third-order valence-electron chi connectivity index (χ3n) is 5.11. The molecule has 1 aromatic heterocycles. The van der Waals surface area contributed by atoms with Crippen LogP contribution in [0.3, 0.4) is 0 Å². The van der Waals surface area contributed by atoms with Crippen LogP contribution < -0.4 is 10.1 Å². The van der Waals surface area contributed by atoms with Gasteiger partial charge in [-0.1, -0.05) is 24.3 Å². The first-order chi connectivity index (χ1) is 12.3. The molecule has 0 radical (unpaired) electrons. The highest BCUT2D eigenvalue weighted by atomic mass is 16.5. The molecular weight excluding hydrogens is 314 g/mol. The van der Waals surface area contributed by atoms with E-state index < -0.39 is 0 Å². The zero-order chi connectivity index (χ0) is 17.1. The van der Waals surface area contributed by atoms with Crippen molar-refractivity contribution in [1.82, 2.24) is 9.88 Å². The Bertz CT molecular complexity index is 727. The number of nitrogens with one attached hydrogen (secondary N) is 1. The van der Waals surface area contributed by atoms with Gasteiger partial charge in [-0.3, -0.25) is 9.69 Å². The molecule has 0 bridgehead atoms. The number of carbonyl (C=O) groups excluding carboxylic acids is 1. The number of fused-ring (bicyclic) bond motifs is 1. The molecule has 1 saturated heterocycles. The van der Waals surface area contributed by atoms with Crippen LogP contribution in [0, 0.1) is 0 Å². The summed E-state index contributed by atoms with van der Waals surface area (Å²) in [4.78, 5) is 19.2. The number of anilines is 1. The van der Waals surface area contributed by atoms with Crippen LogP contribution in [0.15, 0.2) is 48.7 Å². The number of piperidine rings is 1. The monoisotopic (exact) mass is 337 g/mol. The Morgan fingerprint density at radius 1 is 1.04 bits per heavy atom. The molecule has 0 aliphatic carbocycles. The van der Waals surface area contributed by atoms with E-state index in [9.17, 15) is 4.79 Å². The fourth-order valence-electron chi connectivity index (χ4n) is 3.74. The molecule has 25 heavy (non-hydrogen) atoms. The third-order valence-corrected chi connectivity index (χ3v) is 5.11. The van der Waals surface area contributed by atoms with Gasteiger partial charge in [0.05, 0.1) is 6.04 Å². The molecule has 1 fully saturated rings. The number of hydrogen-bond acceptors (Lipinski definition) is 4. The average Bonchev–Trinajstić information content (AvgIpc) is 2.82. The molecule has 1 N–H and O–H groups in total. The van der Waals surface area contributed by atoms with Crippen molar-refractivity contribution in [1.29, 1.82) is 0 Å². The number of nitrogens with zero attached hydrogens (tertiary/aromatic N) is 2. The van der Waals surface area contributed by atoms with E-state index in [1.165, 1.54) is 5.56 Å². The van der Waals surface area contributed by atoms with Crippen molar-refractivity contribution in [2.45, 2.75) is 37.8 Å². The summed E-state index contributed by atoms with van der Waals surface area (Å²) in [6, 6.07) is 13.8. The van der Waals surface area contributed by atoms with Crippen molar-refractivity contribution in [2.75, 3.05) is 18.4 Å². The van der Waals surface area contributed by atoms with Gasteiger partial charge in [0.1, 0.15) is 6.10 Å². The maximum Gasteiger partial charge on any atom is 0.241 e. The van der Waals surface area contributed by atoms with Crippen molar-refractivity contribution in [2.24, 2.45) is 0 Å². The van der Waals surface area contributed by atoms with Crippen LogP contribution in [-0.4, -0.2) is 41.0 Å². The second-order valence-electron chi connectivity index (χ2n) is 6.72. The summed E-state index contributed by atoms with van der Waals surface area (Å²) in [6.07, 6.45) is 5.58. The first-order valence-electron chi connectivity index (χ1n) is 9.00. The van der Waals surface area contributed by atoms with Crippen LogP contribution in [0.2, 0.25) is 0 Å². The van der Waals surface area contributed by atoms with Crippen molar-refractivity contribution in [3.05, 3.63) is 54.2 Å². The van der Waals surface area contributed by atoms with Crippen LogP contribution in [-0.2, 0) is 11.2 Å². The lowest BCUT2D eigenvalue weighted by Gasteiger charge is -2.36. The van der Waals surface area contributed by atoms with E-state index in [1.54, 1.807) is 6.20 Å². The summed E-state index contributed by atoms with van der Waals surface area (Å²) < 4.78 is 5.95. The fraction of sp³-hybridized carbons (Fsp3) is 0.400. The summed E-state index contributed by atoms with van der Waals surface area (Å²) in [7, 11) is 0. The zero-order valence-corrected chi connectivity index (χ0v) is 14.2. The number of carbonyl (C=O) groups is 1. The Morgan fingerprint density at radius 2 is 1.84 bits per heavy atom. The van der Waals surface area contributed by atoms with Gasteiger partial charge in [0, 0.05) is 31.0 Å². The maximum absolute atomic E-state index is 12.7. The van der Waals surface area contributed by atoms with E-state index in [0.717, 1.165) is 44.5 Å². The normalized spacial score (nSPS) is 21.9. The van der Waals surface area contributed by atoms with Crippen molar-refractivity contribution in [3.8, 4) is 5.88 Å². The summed E-state index contributed by atoms with van der Waals surface area (Å²) in [5.74, 6) is 0.803. The Balaban J connectivity index is 1.35. The predicted molar refractivity (Wildman–Crippen MR) is 96.6 cm³/mol. The number of benzene rings is 1. The highest BCUT2D eigenvalue weighted by Gasteiger charge is 2.32. The number of ether oxygens (including phenoxy) is 1. The maximum atomic E-state index is 12.7. The fourth-order valence-corrected chi connectivity index (χ4v) is 3.74. The third kappa shape index (κ3) is 3.66. The molecule has 2 aromatic rings. The lowest BCUT2D eigenvalue weighted by Crippen LogP contribution is -2.49. The number of para-hydroxylation sites is 1. The summed E-state index contributed by atoms with van der Waals surface area (Å²) in [6.45, 7) is 1.76. The Morgan fingerprint density at radius 3 is 2.64 bits per heavy atom. The number of likely N-dealkylation sites (tertiary alicyclic amines) is 1. The molecule has 3 heterocycles. The van der Waals surface area contributed by atoms with Crippen LogP contribution in [0.1, 0.15) is 24.8 Å². The Labute approximate surface area is 148 Å². The van der Waals surface area contributed by atoms with Gasteiger partial charge >= 0.3 is 0 Å². The minimum atomic E-state index is -0.0526. The SMILES string of the molecule is O=C1Nc2ccccc2CCC1N1CCC(Oc2ccccn2)CC1. The molecule has 4 rings (SSSR count). The number of pyridine rings is 1. The van der Waals surface area contributed by atoms with Gasteiger partial charge < -0.3 is 10.1 Å². The van der Waals surface area contributed by atoms with Crippen LogP contribution in [0.25, 0.3) is 0 Å². The molecule has 5 heteroatoms. The Kier molecular flexibility index (Phi) is 4.65. The zero-order valence-electron chi connectivity index (χ0n) is 14.2. The van der Waals surface area contributed by atoms with Crippen LogP contribution in [0.5, 0.6) is 5.88 Å². The summed E-state index contributed by atoms with van der Waals surface area (Å²) in [5, 5.41) is 3.10. The van der Waals surface area contributed by atoms with Gasteiger partial charge in [-0.05, 0) is 43.4 Å². The van der Waals surface area contributed by atoms with Crippen LogP contribution in [0.4, 0.5) is 5.69 Å². The second kappa shape index (κ2) is 7.23. The smallest absolute Gasteiger partial charge is 0.241 e. The average molecular weight is 337 g/mol. The minimum absolute atomic E-state index is 0.0526. The molecule has 130 valence electrons. The van der Waals surface area contributed by atoms with E-state index >= 15 is 0 Å². The molecule has 2 aliphatic heterocycles. The van der Waals surface area contributed by atoms with Crippen molar-refractivity contribution in [3.63, 3.8) is 0 Å². The van der Waals surface area contributed by atoms with Gasteiger partial charge in [0.25, 0.3) is 0 Å². The molecule has 1 amide bonds. The first-order valence-corrected chi connectivity index (χ1v) is 9.00. The number of amides is 1. The number of rotatable bonds is 3. The molecule has 0 saturated carbocycles. The van der Waals surface area contributed by atoms with Crippen LogP contribution >= 0.6 is 0 Å². The molecule has 1 atom stereocenters. The first kappa shape index (κ1) is 16.1. The molecule has 5 nitrogen and oxygen atoms in total. The molecular formula is C20H23N3O2. The lowest BCUT2D eigenvalue weighted by molar-refractivity contribution is -0.122. The number of hydrogen-bond donors (Lipinski definition) is 1. The number of aryl methyl sites for hydroxylation is 1. The lowest BCUT2D eigenvalue weighted by atomic mass is 10.0. The van der Waals surface area contributed by atoms with Gasteiger partial charge in [-0.15, -0.1) is 0 Å². The quantitative estimate of drug-likeness (QED) is 0.936. The number of aromatic nitrogens is 1. The van der Waals surface area contributed by atoms with Crippen molar-refractivity contribution < 1.29 is 9.53 Å². The Hall–Kier alpha value is -2.40. The van der Waals surface area contributed by atoms with E-state index in [1.807, 2.05) is 36.4 Å². The molecule has 0 spiro atoms. The highest BCUT2D eigenvalue weighted by molar-refractivity contribution is 5.96. The van der Waals surface area contributed by atoms with Gasteiger partial charge in [0.15, 0.2) is 0 Å². The summed E-state index contributed by atoms with van der Waals surface area (Å²) in [5.41, 5.74) is 2.19. The predicted octanol–water partition coefficient (Wildman–Crippen LogP) is 2.88. The van der Waals surface area contributed by atoms with Crippen molar-refractivity contribution >= 4 is 11.6 Å². The minimum Gasteiger partial charge on any atom is -0.474 e. The van der Waals surface area contributed by atoms with Gasteiger partial charge in [0.2, 0.25) is 11.8 Å². The largest absolute Gasteiger partial charge is 0.474 e. The molecule has 1 unspecified atom stereocenters. The highest BCUT2D eigenvalue weighted by Crippen LogP contribution is 2.26. The van der Waals surface area contributed by atoms with Gasteiger partial charge in [-0.2, -0.15) is 0 Å². The molecule has 1 aromatic carbocycles. The second-order valence-corrected chi connectivity index (χ2v) is 6.72. The summed E-state index contributed by atoms with van der Waals surface area (Å²) >= 11 is 0. The molecule has 2 aliphatic rings. The van der Waals surface area contributed by atoms with E-state index in [2.05, 4.69) is 21.3 Å². The van der Waals surface area contributed by atoms with E-state index in [0.29, 0.717) is 5.88 Å².